The van der Waals surface area contributed by atoms with Crippen molar-refractivity contribution in [3.05, 3.63) is 65.1 Å². The highest BCUT2D eigenvalue weighted by molar-refractivity contribution is 6.06. The second-order valence-electron chi connectivity index (χ2n) is 7.31. The van der Waals surface area contributed by atoms with Crippen LogP contribution in [-0.2, 0) is 4.79 Å². The van der Waals surface area contributed by atoms with Crippen molar-refractivity contribution in [1.82, 2.24) is 14.8 Å². The number of carbonyl (C=O) groups excluding carboxylic acids is 1. The van der Waals surface area contributed by atoms with Crippen LogP contribution in [0, 0.1) is 6.92 Å². The first kappa shape index (κ1) is 21.2. The Balaban J connectivity index is 1.87. The summed E-state index contributed by atoms with van der Waals surface area (Å²) in [6, 6.07) is 10.6. The molecule has 1 amide bonds. The number of nitrogens with one attached hydrogen (secondary N) is 2. The van der Waals surface area contributed by atoms with E-state index in [1.54, 1.807) is 38.1 Å². The largest absolute Gasteiger partial charge is 0.496 e. The minimum Gasteiger partial charge on any atom is -0.496 e. The molecule has 0 saturated carbocycles. The van der Waals surface area contributed by atoms with Crippen LogP contribution in [-0.4, -0.2) is 42.0 Å². The average molecular weight is 435 g/mol. The van der Waals surface area contributed by atoms with Crippen molar-refractivity contribution < 1.29 is 19.0 Å². The smallest absolute Gasteiger partial charge is 0.255 e. The zero-order chi connectivity index (χ0) is 22.8. The molecule has 0 bridgehead atoms. The molecule has 9 heteroatoms. The third-order valence-corrected chi connectivity index (χ3v) is 5.46. The first-order valence-corrected chi connectivity index (χ1v) is 10.0. The van der Waals surface area contributed by atoms with Gasteiger partial charge in [0.2, 0.25) is 5.95 Å². The maximum absolute atomic E-state index is 13.6. The van der Waals surface area contributed by atoms with Crippen LogP contribution in [0.15, 0.2) is 54.0 Å². The highest BCUT2D eigenvalue weighted by Gasteiger charge is 2.36. The lowest BCUT2D eigenvalue weighted by molar-refractivity contribution is -0.113. The van der Waals surface area contributed by atoms with Crippen LogP contribution >= 0.6 is 0 Å². The van der Waals surface area contributed by atoms with Gasteiger partial charge in [-0.15, -0.1) is 0 Å². The molecule has 9 nitrogen and oxygen atoms in total. The summed E-state index contributed by atoms with van der Waals surface area (Å²) in [7, 11) is 4.68. The minimum atomic E-state index is -0.604. The topological polar surface area (TPSA) is 99.5 Å². The summed E-state index contributed by atoms with van der Waals surface area (Å²) in [6.45, 7) is 3.78. The molecular formula is C23H25N5O4. The van der Waals surface area contributed by atoms with E-state index in [0.717, 1.165) is 11.3 Å². The lowest BCUT2D eigenvalue weighted by atomic mass is 9.93. The highest BCUT2D eigenvalue weighted by atomic mass is 16.5. The van der Waals surface area contributed by atoms with Crippen LogP contribution in [0.3, 0.4) is 0 Å². The fourth-order valence-corrected chi connectivity index (χ4v) is 3.84. The molecule has 0 aliphatic carbocycles. The Labute approximate surface area is 186 Å². The van der Waals surface area contributed by atoms with Crippen molar-refractivity contribution in [2.45, 2.75) is 19.9 Å². The van der Waals surface area contributed by atoms with E-state index in [0.29, 0.717) is 40.0 Å². The van der Waals surface area contributed by atoms with Crippen molar-refractivity contribution >= 4 is 17.5 Å². The molecule has 0 saturated heterocycles. The van der Waals surface area contributed by atoms with E-state index >= 15 is 0 Å². The molecule has 32 heavy (non-hydrogen) atoms. The molecule has 1 aromatic heterocycles. The number of ether oxygens (including phenoxy) is 3. The zero-order valence-electron chi connectivity index (χ0n) is 18.6. The number of para-hydroxylation sites is 1. The van der Waals surface area contributed by atoms with E-state index in [2.05, 4.69) is 20.7 Å². The van der Waals surface area contributed by atoms with E-state index < -0.39 is 6.04 Å². The molecule has 1 atom stereocenters. The van der Waals surface area contributed by atoms with E-state index in [1.165, 1.54) is 6.33 Å². The van der Waals surface area contributed by atoms with Gasteiger partial charge in [0.05, 0.1) is 26.9 Å². The molecule has 1 aliphatic rings. The third-order valence-electron chi connectivity index (χ3n) is 5.46. The number of benzene rings is 2. The van der Waals surface area contributed by atoms with E-state index in [4.69, 9.17) is 14.2 Å². The quantitative estimate of drug-likeness (QED) is 0.611. The van der Waals surface area contributed by atoms with Crippen LogP contribution in [0.4, 0.5) is 11.6 Å². The number of aryl methyl sites for hydroxylation is 1. The normalized spacial score (nSPS) is 15.0. The van der Waals surface area contributed by atoms with E-state index in [9.17, 15) is 4.79 Å². The molecule has 0 unspecified atom stereocenters. The van der Waals surface area contributed by atoms with Gasteiger partial charge >= 0.3 is 0 Å². The molecule has 0 fully saturated rings. The number of fused-ring (bicyclic) bond motifs is 1. The van der Waals surface area contributed by atoms with Gasteiger partial charge in [0.15, 0.2) is 11.5 Å². The summed E-state index contributed by atoms with van der Waals surface area (Å²) in [6.07, 6.45) is 1.44. The number of amides is 1. The van der Waals surface area contributed by atoms with Crippen LogP contribution in [0.1, 0.15) is 24.1 Å². The van der Waals surface area contributed by atoms with Gasteiger partial charge in [-0.25, -0.2) is 4.68 Å². The Morgan fingerprint density at radius 1 is 1.03 bits per heavy atom. The van der Waals surface area contributed by atoms with Crippen LogP contribution < -0.4 is 24.8 Å². The Bertz CT molecular complexity index is 1200. The van der Waals surface area contributed by atoms with Gasteiger partial charge in [-0.05, 0) is 31.5 Å². The Kier molecular flexibility index (Phi) is 5.72. The monoisotopic (exact) mass is 435 g/mol. The van der Waals surface area contributed by atoms with Crippen molar-refractivity contribution in [3.8, 4) is 17.2 Å². The maximum atomic E-state index is 13.6. The highest BCUT2D eigenvalue weighted by Crippen LogP contribution is 2.43. The predicted octanol–water partition coefficient (Wildman–Crippen LogP) is 3.54. The number of aromatic nitrogens is 3. The van der Waals surface area contributed by atoms with Crippen LogP contribution in [0.5, 0.6) is 17.2 Å². The molecule has 0 spiro atoms. The molecule has 2 heterocycles. The molecule has 166 valence electrons. The van der Waals surface area contributed by atoms with Gasteiger partial charge in [0.25, 0.3) is 5.91 Å². The zero-order valence-corrected chi connectivity index (χ0v) is 18.6. The number of rotatable bonds is 6. The summed E-state index contributed by atoms with van der Waals surface area (Å²) in [5, 5.41) is 10.6. The number of nitrogens with zero attached hydrogens (tertiary/aromatic N) is 3. The maximum Gasteiger partial charge on any atom is 0.255 e. The van der Waals surface area contributed by atoms with E-state index in [-0.39, 0.29) is 5.91 Å². The third kappa shape index (κ3) is 3.62. The van der Waals surface area contributed by atoms with Crippen molar-refractivity contribution in [1.29, 1.82) is 0 Å². The summed E-state index contributed by atoms with van der Waals surface area (Å²) < 4.78 is 18.2. The van der Waals surface area contributed by atoms with Gasteiger partial charge in [-0.2, -0.15) is 10.1 Å². The van der Waals surface area contributed by atoms with Gasteiger partial charge in [-0.3, -0.25) is 4.79 Å². The number of hydrogen-bond acceptors (Lipinski definition) is 7. The summed E-state index contributed by atoms with van der Waals surface area (Å²) in [5.74, 6) is 1.83. The second kappa shape index (κ2) is 8.62. The molecule has 2 N–H and O–H groups in total. The molecule has 3 aromatic rings. The number of anilines is 2. The Hall–Kier alpha value is -4.01. The number of carbonyl (C=O) groups is 1. The lowest BCUT2D eigenvalue weighted by Crippen LogP contribution is -2.32. The fraction of sp³-hybridized carbons (Fsp3) is 0.261. The first-order chi connectivity index (χ1) is 15.5. The molecule has 0 radical (unpaired) electrons. The molecule has 1 aliphatic heterocycles. The van der Waals surface area contributed by atoms with Crippen molar-refractivity contribution in [3.63, 3.8) is 0 Å². The van der Waals surface area contributed by atoms with Crippen molar-refractivity contribution in [2.24, 2.45) is 0 Å². The van der Waals surface area contributed by atoms with Crippen LogP contribution in [0.25, 0.3) is 0 Å². The van der Waals surface area contributed by atoms with Gasteiger partial charge in [-0.1, -0.05) is 18.2 Å². The Morgan fingerprint density at radius 3 is 2.41 bits per heavy atom. The van der Waals surface area contributed by atoms with Gasteiger partial charge in [0.1, 0.15) is 18.1 Å². The second-order valence-corrected chi connectivity index (χ2v) is 7.31. The first-order valence-electron chi connectivity index (χ1n) is 10.0. The molecular weight excluding hydrogens is 410 g/mol. The minimum absolute atomic E-state index is 0.257. The molecule has 2 aromatic carbocycles. The SMILES string of the molecule is COc1cc(OC)c([C@@H]2C(C(=O)Nc3ccccc3C)=C(C)Nc3ncnn32)cc1OC. The fourth-order valence-electron chi connectivity index (χ4n) is 3.84. The van der Waals surface area contributed by atoms with Crippen molar-refractivity contribution in [2.75, 3.05) is 32.0 Å². The van der Waals surface area contributed by atoms with Gasteiger partial charge in [0, 0.05) is 23.0 Å². The molecule has 4 rings (SSSR count). The Morgan fingerprint density at radius 2 is 1.72 bits per heavy atom. The standard InChI is InChI=1S/C23H25N5O4/c1-13-8-6-7-9-16(13)27-22(29)20-14(2)26-23-24-12-25-28(23)21(20)15-10-18(31-4)19(32-5)11-17(15)30-3/h6-12,21H,1-5H3,(H,27,29)(H,24,25,26)/t21-/m1/s1. The van der Waals surface area contributed by atoms with E-state index in [1.807, 2.05) is 38.1 Å². The van der Waals surface area contributed by atoms with Gasteiger partial charge < -0.3 is 24.8 Å². The summed E-state index contributed by atoms with van der Waals surface area (Å²) in [4.78, 5) is 17.8. The number of methoxy groups -OCH3 is 3. The summed E-state index contributed by atoms with van der Waals surface area (Å²) >= 11 is 0. The lowest BCUT2D eigenvalue weighted by Gasteiger charge is -2.30. The summed E-state index contributed by atoms with van der Waals surface area (Å²) in [5.41, 5.74) is 3.53. The average Bonchev–Trinajstić information content (AvgIpc) is 3.26. The number of hydrogen-bond donors (Lipinski definition) is 2. The predicted molar refractivity (Wildman–Crippen MR) is 120 cm³/mol. The van der Waals surface area contributed by atoms with Crippen LogP contribution in [0.2, 0.25) is 0 Å². The number of allylic oxidation sites excluding steroid dienone is 1.